The molecule has 0 saturated heterocycles. The number of rotatable bonds is 2. The molecule has 0 amide bonds. The van der Waals surface area contributed by atoms with E-state index >= 15 is 0 Å². The molecule has 0 unspecified atom stereocenters. The van der Waals surface area contributed by atoms with Crippen LogP contribution in [-0.4, -0.2) is 6.85 Å². The summed E-state index contributed by atoms with van der Waals surface area (Å²) >= 11 is 0. The molecule has 0 fully saturated rings. The molecule has 6 aromatic carbocycles. The summed E-state index contributed by atoms with van der Waals surface area (Å²) in [6.07, 6.45) is 0. The van der Waals surface area contributed by atoms with Crippen molar-refractivity contribution in [2.24, 2.45) is 0 Å². The summed E-state index contributed by atoms with van der Waals surface area (Å²) in [6.45, 7) is 2.16. The lowest BCUT2D eigenvalue weighted by Crippen LogP contribution is -2.61. The van der Waals surface area contributed by atoms with Gasteiger partial charge in [0, 0.05) is 40.1 Å². The van der Waals surface area contributed by atoms with Gasteiger partial charge in [0.2, 0.25) is 0 Å². The van der Waals surface area contributed by atoms with Crippen LogP contribution in [0, 0.1) is 6.92 Å². The second-order valence-electron chi connectivity index (χ2n) is 11.1. The number of hydrogen-bond donors (Lipinski definition) is 0. The van der Waals surface area contributed by atoms with Crippen LogP contribution in [0.2, 0.25) is 0 Å². The van der Waals surface area contributed by atoms with Gasteiger partial charge in [-0.3, -0.25) is 0 Å². The second-order valence-corrected chi connectivity index (χ2v) is 11.1. The average Bonchev–Trinajstić information content (AvgIpc) is 3.04. The first-order chi connectivity index (χ1) is 20.7. The fourth-order valence-corrected chi connectivity index (χ4v) is 6.80. The molecule has 3 heterocycles. The second kappa shape index (κ2) is 8.79. The molecule has 0 bridgehead atoms. The van der Waals surface area contributed by atoms with E-state index in [1.54, 1.807) is 0 Å². The van der Waals surface area contributed by atoms with Gasteiger partial charge in [-0.05, 0) is 83.6 Å². The summed E-state index contributed by atoms with van der Waals surface area (Å²) in [5.74, 6) is 2.91. The predicted octanol–water partition coefficient (Wildman–Crippen LogP) is 8.60. The van der Waals surface area contributed by atoms with Crippen LogP contribution in [0.3, 0.4) is 0 Å². The zero-order valence-electron chi connectivity index (χ0n) is 23.0. The van der Waals surface area contributed by atoms with E-state index in [9.17, 15) is 0 Å². The van der Waals surface area contributed by atoms with Gasteiger partial charge in [0.1, 0.15) is 0 Å². The zero-order valence-corrected chi connectivity index (χ0v) is 23.0. The number of fused-ring (bicyclic) bond motifs is 6. The van der Waals surface area contributed by atoms with Crippen LogP contribution in [0.15, 0.2) is 133 Å². The summed E-state index contributed by atoms with van der Waals surface area (Å²) in [5.41, 5.74) is 11.9. The van der Waals surface area contributed by atoms with Gasteiger partial charge in [0.15, 0.2) is 23.0 Å². The molecular weight excluding hydrogens is 515 g/mol. The van der Waals surface area contributed by atoms with Gasteiger partial charge in [0.25, 0.3) is 0 Å². The van der Waals surface area contributed by atoms with Crippen LogP contribution < -0.4 is 30.1 Å². The molecule has 6 aromatic rings. The van der Waals surface area contributed by atoms with Gasteiger partial charge in [-0.2, -0.15) is 0 Å². The van der Waals surface area contributed by atoms with Crippen molar-refractivity contribution >= 4 is 46.2 Å². The highest BCUT2D eigenvalue weighted by molar-refractivity contribution is 6.93. The fourth-order valence-electron chi connectivity index (χ4n) is 6.80. The Morgan fingerprint density at radius 1 is 0.500 bits per heavy atom. The minimum Gasteiger partial charge on any atom is -0.449 e. The molecule has 0 spiro atoms. The summed E-state index contributed by atoms with van der Waals surface area (Å²) in [6, 6.07) is 47.0. The lowest BCUT2D eigenvalue weighted by atomic mass is 9.43. The largest absolute Gasteiger partial charge is 0.449 e. The van der Waals surface area contributed by atoms with Crippen molar-refractivity contribution in [1.82, 2.24) is 0 Å². The molecule has 0 radical (unpaired) electrons. The molecule has 9 rings (SSSR count). The molecule has 3 aliphatic heterocycles. The van der Waals surface area contributed by atoms with Gasteiger partial charge >= 0.3 is 6.85 Å². The minimum atomic E-state index is -0.0310. The number of aryl methyl sites for hydroxylation is 1. The van der Waals surface area contributed by atoms with Gasteiger partial charge < -0.3 is 19.2 Å². The van der Waals surface area contributed by atoms with Crippen molar-refractivity contribution in [3.05, 3.63) is 139 Å². The Labute approximate surface area is 245 Å². The SMILES string of the molecule is Cc1cc2c3c(c1)N(c1ccccc1)c1ccccc1B3N(c1ccccc1)c1cc3c(cc1-2)Oc1ccccc1O3. The van der Waals surface area contributed by atoms with Gasteiger partial charge in [0.05, 0.1) is 0 Å². The highest BCUT2D eigenvalue weighted by atomic mass is 16.6. The maximum absolute atomic E-state index is 6.43. The van der Waals surface area contributed by atoms with E-state index in [0.717, 1.165) is 45.6 Å². The number of hydrogen-bond acceptors (Lipinski definition) is 4. The molecule has 198 valence electrons. The lowest BCUT2D eigenvalue weighted by molar-refractivity contribution is 0.360. The van der Waals surface area contributed by atoms with E-state index in [0.29, 0.717) is 0 Å². The van der Waals surface area contributed by atoms with Crippen molar-refractivity contribution in [2.75, 3.05) is 9.71 Å². The first-order valence-corrected chi connectivity index (χ1v) is 14.3. The summed E-state index contributed by atoms with van der Waals surface area (Å²) in [7, 11) is 0. The average molecular weight is 540 g/mol. The Morgan fingerprint density at radius 3 is 1.86 bits per heavy atom. The molecule has 0 saturated carbocycles. The number of benzene rings is 6. The van der Waals surface area contributed by atoms with Crippen molar-refractivity contribution in [1.29, 1.82) is 0 Å². The summed E-state index contributed by atoms with van der Waals surface area (Å²) < 4.78 is 12.9. The van der Waals surface area contributed by atoms with Crippen molar-refractivity contribution in [3.63, 3.8) is 0 Å². The normalized spacial score (nSPS) is 13.6. The third-order valence-corrected chi connectivity index (χ3v) is 8.50. The van der Waals surface area contributed by atoms with Crippen molar-refractivity contribution in [3.8, 4) is 34.1 Å². The van der Waals surface area contributed by atoms with E-state index in [4.69, 9.17) is 9.47 Å². The van der Waals surface area contributed by atoms with Crippen molar-refractivity contribution in [2.45, 2.75) is 6.92 Å². The molecule has 4 nitrogen and oxygen atoms in total. The van der Waals surface area contributed by atoms with E-state index in [-0.39, 0.29) is 6.85 Å². The number of nitrogens with zero attached hydrogens (tertiary/aromatic N) is 2. The van der Waals surface area contributed by atoms with Gasteiger partial charge in [-0.25, -0.2) is 0 Å². The standard InChI is InChI=1S/C37H25BN2O2/c1-24-20-28-27-22-35-36(42-34-19-11-10-18-33(34)41-35)23-31(27)40(26-14-6-3-7-15-26)38-29-16-8-9-17-30(29)39(32(21-24)37(28)38)25-12-4-2-5-13-25/h2-23H,1H3. The van der Waals surface area contributed by atoms with Gasteiger partial charge in [-0.15, -0.1) is 0 Å². The minimum absolute atomic E-state index is 0.0310. The molecular formula is C37H25BN2O2. The zero-order chi connectivity index (χ0) is 27.8. The Bertz CT molecular complexity index is 2030. The topological polar surface area (TPSA) is 24.9 Å². The first-order valence-electron chi connectivity index (χ1n) is 14.3. The van der Waals surface area contributed by atoms with E-state index < -0.39 is 0 Å². The molecule has 42 heavy (non-hydrogen) atoms. The maximum Gasteiger partial charge on any atom is 0.333 e. The fraction of sp³-hybridized carbons (Fsp3) is 0.0270. The lowest BCUT2D eigenvalue weighted by Gasteiger charge is -2.46. The van der Waals surface area contributed by atoms with Crippen molar-refractivity contribution < 1.29 is 9.47 Å². The van der Waals surface area contributed by atoms with Crippen LogP contribution in [-0.2, 0) is 0 Å². The summed E-state index contributed by atoms with van der Waals surface area (Å²) in [5, 5.41) is 0. The number of ether oxygens (including phenoxy) is 2. The molecule has 0 aromatic heterocycles. The van der Waals surface area contributed by atoms with Crippen LogP contribution in [0.25, 0.3) is 11.1 Å². The number of anilines is 5. The van der Waals surface area contributed by atoms with Crippen LogP contribution in [0.4, 0.5) is 28.4 Å². The number of para-hydroxylation sites is 5. The van der Waals surface area contributed by atoms with Crippen LogP contribution in [0.5, 0.6) is 23.0 Å². The molecule has 3 aliphatic rings. The Balaban J connectivity index is 1.37. The molecule has 0 N–H and O–H groups in total. The highest BCUT2D eigenvalue weighted by Crippen LogP contribution is 2.53. The summed E-state index contributed by atoms with van der Waals surface area (Å²) in [4.78, 5) is 4.89. The monoisotopic (exact) mass is 540 g/mol. The smallest absolute Gasteiger partial charge is 0.333 e. The third kappa shape index (κ3) is 3.31. The predicted molar refractivity (Wildman–Crippen MR) is 171 cm³/mol. The molecule has 5 heteroatoms. The molecule has 0 atom stereocenters. The third-order valence-electron chi connectivity index (χ3n) is 8.50. The first kappa shape index (κ1) is 23.3. The quantitative estimate of drug-likeness (QED) is 0.205. The Kier molecular flexibility index (Phi) is 4.88. The Hall–Kier alpha value is -5.42. The maximum atomic E-state index is 6.43. The van der Waals surface area contributed by atoms with E-state index in [1.807, 2.05) is 24.3 Å². The molecule has 0 aliphatic carbocycles. The van der Waals surface area contributed by atoms with Gasteiger partial charge in [-0.1, -0.05) is 72.8 Å². The van der Waals surface area contributed by atoms with Crippen LogP contribution >= 0.6 is 0 Å². The van der Waals surface area contributed by atoms with E-state index in [1.165, 1.54) is 33.4 Å². The Morgan fingerprint density at radius 2 is 1.12 bits per heavy atom. The van der Waals surface area contributed by atoms with Crippen LogP contribution in [0.1, 0.15) is 5.56 Å². The van der Waals surface area contributed by atoms with E-state index in [2.05, 4.69) is 126 Å². The highest BCUT2D eigenvalue weighted by Gasteiger charge is 2.45.